The highest BCUT2D eigenvalue weighted by Gasteiger charge is 2.30. The lowest BCUT2D eigenvalue weighted by Crippen LogP contribution is -2.14. The number of carbonyl (C=O) groups excluding carboxylic acids is 1. The fraction of sp³-hybridized carbons (Fsp3) is 0.400. The molecular formula is C15H18N4OS. The highest BCUT2D eigenvalue weighted by Crippen LogP contribution is 2.39. The number of rotatable bonds is 6. The number of hydrogen-bond donors (Lipinski definition) is 1. The van der Waals surface area contributed by atoms with Gasteiger partial charge in [0.05, 0.1) is 5.75 Å². The predicted octanol–water partition coefficient (Wildman–Crippen LogP) is 2.91. The number of anilines is 1. The Morgan fingerprint density at radius 3 is 2.76 bits per heavy atom. The smallest absolute Gasteiger partial charge is 0.234 e. The molecule has 21 heavy (non-hydrogen) atoms. The Bertz CT molecular complexity index is 622. The molecule has 6 heteroatoms. The van der Waals surface area contributed by atoms with E-state index in [0.717, 1.165) is 23.2 Å². The van der Waals surface area contributed by atoms with Crippen LogP contribution in [0.5, 0.6) is 0 Å². The predicted molar refractivity (Wildman–Crippen MR) is 83.5 cm³/mol. The van der Waals surface area contributed by atoms with E-state index in [2.05, 4.69) is 27.0 Å². The summed E-state index contributed by atoms with van der Waals surface area (Å²) in [5.74, 6) is 1.97. The van der Waals surface area contributed by atoms with Crippen molar-refractivity contribution in [2.45, 2.75) is 37.4 Å². The minimum atomic E-state index is -0.0233. The lowest BCUT2D eigenvalue weighted by atomic mass is 10.3. The monoisotopic (exact) mass is 302 g/mol. The number of aromatic nitrogens is 3. The number of nitrogens with one attached hydrogen (secondary N) is 1. The molecule has 2 aromatic rings. The molecule has 0 saturated heterocycles. The molecule has 0 spiro atoms. The summed E-state index contributed by atoms with van der Waals surface area (Å²) in [6.07, 6.45) is 2.41. The Labute approximate surface area is 128 Å². The highest BCUT2D eigenvalue weighted by molar-refractivity contribution is 7.99. The second-order valence-electron chi connectivity index (χ2n) is 5.06. The van der Waals surface area contributed by atoms with Crippen molar-refractivity contribution in [2.75, 3.05) is 11.1 Å². The molecule has 3 rings (SSSR count). The van der Waals surface area contributed by atoms with E-state index in [0.29, 0.717) is 11.7 Å². The zero-order chi connectivity index (χ0) is 14.7. The summed E-state index contributed by atoms with van der Waals surface area (Å²) in [6, 6.07) is 9.48. The highest BCUT2D eigenvalue weighted by atomic mass is 32.2. The first-order valence-corrected chi connectivity index (χ1v) is 8.17. The van der Waals surface area contributed by atoms with Crippen LogP contribution in [0.25, 0.3) is 0 Å². The zero-order valence-electron chi connectivity index (χ0n) is 12.0. The van der Waals surface area contributed by atoms with Gasteiger partial charge in [-0.2, -0.15) is 0 Å². The maximum atomic E-state index is 11.9. The van der Waals surface area contributed by atoms with Gasteiger partial charge < -0.3 is 9.88 Å². The molecule has 5 nitrogen and oxygen atoms in total. The first kappa shape index (κ1) is 14.1. The van der Waals surface area contributed by atoms with Crippen LogP contribution < -0.4 is 5.32 Å². The first-order chi connectivity index (χ1) is 10.3. The van der Waals surface area contributed by atoms with E-state index in [1.54, 1.807) is 0 Å². The number of thioether (sulfide) groups is 1. The number of benzene rings is 1. The summed E-state index contributed by atoms with van der Waals surface area (Å²) in [4.78, 5) is 11.9. The maximum Gasteiger partial charge on any atom is 0.234 e. The Morgan fingerprint density at radius 2 is 2.10 bits per heavy atom. The van der Waals surface area contributed by atoms with E-state index in [-0.39, 0.29) is 5.91 Å². The van der Waals surface area contributed by atoms with Crippen LogP contribution in [0.3, 0.4) is 0 Å². The molecular weight excluding hydrogens is 284 g/mol. The SMILES string of the molecule is CCn1c(SCC(=O)Nc2ccccc2)nnc1C1CC1. The van der Waals surface area contributed by atoms with Crippen LogP contribution in [0.4, 0.5) is 5.69 Å². The molecule has 0 unspecified atom stereocenters. The minimum Gasteiger partial charge on any atom is -0.325 e. The molecule has 0 bridgehead atoms. The van der Waals surface area contributed by atoms with Crippen molar-refractivity contribution in [3.05, 3.63) is 36.2 Å². The zero-order valence-corrected chi connectivity index (χ0v) is 12.8. The second-order valence-corrected chi connectivity index (χ2v) is 6.00. The van der Waals surface area contributed by atoms with Crippen molar-refractivity contribution >= 4 is 23.4 Å². The van der Waals surface area contributed by atoms with E-state index in [9.17, 15) is 4.79 Å². The first-order valence-electron chi connectivity index (χ1n) is 7.18. The molecule has 1 saturated carbocycles. The van der Waals surface area contributed by atoms with E-state index in [4.69, 9.17) is 0 Å². The Hall–Kier alpha value is -1.82. The molecule has 1 amide bonds. The Morgan fingerprint density at radius 1 is 1.33 bits per heavy atom. The summed E-state index contributed by atoms with van der Waals surface area (Å²) < 4.78 is 2.12. The van der Waals surface area contributed by atoms with Crippen LogP contribution in [0.1, 0.15) is 31.5 Å². The van der Waals surface area contributed by atoms with Crippen molar-refractivity contribution in [1.29, 1.82) is 0 Å². The van der Waals surface area contributed by atoms with Gasteiger partial charge in [0, 0.05) is 18.2 Å². The van der Waals surface area contributed by atoms with Gasteiger partial charge in [0.2, 0.25) is 5.91 Å². The average molecular weight is 302 g/mol. The molecule has 1 fully saturated rings. The second kappa shape index (κ2) is 6.30. The van der Waals surface area contributed by atoms with Crippen molar-refractivity contribution in [3.63, 3.8) is 0 Å². The molecule has 1 N–H and O–H groups in total. The maximum absolute atomic E-state index is 11.9. The van der Waals surface area contributed by atoms with Crippen molar-refractivity contribution in [3.8, 4) is 0 Å². The van der Waals surface area contributed by atoms with Crippen molar-refractivity contribution in [1.82, 2.24) is 14.8 Å². The minimum absolute atomic E-state index is 0.0233. The largest absolute Gasteiger partial charge is 0.325 e. The van der Waals surface area contributed by atoms with Crippen LogP contribution in [-0.4, -0.2) is 26.4 Å². The van der Waals surface area contributed by atoms with Gasteiger partial charge in [0.1, 0.15) is 5.82 Å². The molecule has 1 aromatic heterocycles. The standard InChI is InChI=1S/C15H18N4OS/c1-2-19-14(11-8-9-11)17-18-15(19)21-10-13(20)16-12-6-4-3-5-7-12/h3-7,11H,2,8-10H2,1H3,(H,16,20). The fourth-order valence-electron chi connectivity index (χ4n) is 2.20. The summed E-state index contributed by atoms with van der Waals surface area (Å²) in [6.45, 7) is 2.94. The summed E-state index contributed by atoms with van der Waals surface area (Å²) in [5, 5.41) is 12.2. The van der Waals surface area contributed by atoms with Crippen LogP contribution in [0.15, 0.2) is 35.5 Å². The van der Waals surface area contributed by atoms with Gasteiger partial charge >= 0.3 is 0 Å². The van der Waals surface area contributed by atoms with Crippen LogP contribution >= 0.6 is 11.8 Å². The van der Waals surface area contributed by atoms with Gasteiger partial charge in [-0.15, -0.1) is 10.2 Å². The summed E-state index contributed by atoms with van der Waals surface area (Å²) >= 11 is 1.44. The molecule has 110 valence electrons. The third kappa shape index (κ3) is 3.44. The lowest BCUT2D eigenvalue weighted by molar-refractivity contribution is -0.113. The van der Waals surface area contributed by atoms with Gasteiger partial charge in [-0.1, -0.05) is 30.0 Å². The quantitative estimate of drug-likeness (QED) is 0.834. The van der Waals surface area contributed by atoms with Gasteiger partial charge in [0.15, 0.2) is 5.16 Å². The van der Waals surface area contributed by atoms with Crippen LogP contribution in [-0.2, 0) is 11.3 Å². The van der Waals surface area contributed by atoms with Crippen molar-refractivity contribution < 1.29 is 4.79 Å². The average Bonchev–Trinajstić information content (AvgIpc) is 3.26. The van der Waals surface area contributed by atoms with E-state index < -0.39 is 0 Å². The summed E-state index contributed by atoms with van der Waals surface area (Å²) in [7, 11) is 0. The topological polar surface area (TPSA) is 59.8 Å². The van der Waals surface area contributed by atoms with Crippen LogP contribution in [0, 0.1) is 0 Å². The third-order valence-electron chi connectivity index (χ3n) is 3.39. The lowest BCUT2D eigenvalue weighted by Gasteiger charge is -2.07. The number of carbonyl (C=O) groups is 1. The number of hydrogen-bond acceptors (Lipinski definition) is 4. The van der Waals surface area contributed by atoms with Crippen LogP contribution in [0.2, 0.25) is 0 Å². The van der Waals surface area contributed by atoms with E-state index in [1.165, 1.54) is 24.6 Å². The van der Waals surface area contributed by atoms with Gasteiger partial charge in [-0.3, -0.25) is 4.79 Å². The van der Waals surface area contributed by atoms with E-state index >= 15 is 0 Å². The van der Waals surface area contributed by atoms with E-state index in [1.807, 2.05) is 30.3 Å². The fourth-order valence-corrected chi connectivity index (χ4v) is 3.01. The van der Waals surface area contributed by atoms with Crippen molar-refractivity contribution in [2.24, 2.45) is 0 Å². The molecule has 1 aliphatic carbocycles. The molecule has 0 atom stereocenters. The molecule has 1 aliphatic rings. The Kier molecular flexibility index (Phi) is 4.24. The molecule has 0 aliphatic heterocycles. The Balaban J connectivity index is 1.58. The van der Waals surface area contributed by atoms with Gasteiger partial charge in [-0.25, -0.2) is 0 Å². The molecule has 1 aromatic carbocycles. The third-order valence-corrected chi connectivity index (χ3v) is 4.36. The number of para-hydroxylation sites is 1. The molecule has 1 heterocycles. The number of nitrogens with zero attached hydrogens (tertiary/aromatic N) is 3. The normalized spacial score (nSPS) is 14.1. The van der Waals surface area contributed by atoms with Gasteiger partial charge in [-0.05, 0) is 31.9 Å². The summed E-state index contributed by atoms with van der Waals surface area (Å²) in [5.41, 5.74) is 0.818. The number of amides is 1. The van der Waals surface area contributed by atoms with Gasteiger partial charge in [0.25, 0.3) is 0 Å². The molecule has 0 radical (unpaired) electrons.